The van der Waals surface area contributed by atoms with E-state index in [1.807, 2.05) is 26.0 Å². The first kappa shape index (κ1) is 12.8. The summed E-state index contributed by atoms with van der Waals surface area (Å²) < 4.78 is 0. The van der Waals surface area contributed by atoms with Crippen LogP contribution in [-0.2, 0) is 11.2 Å². The van der Waals surface area contributed by atoms with E-state index in [9.17, 15) is 4.79 Å². The largest absolute Gasteiger partial charge is 0.398 e. The SMILES string of the molecule is CC(C)(CCc1ccc(Cl)c(N)c1)C(N)=O. The molecule has 3 nitrogen and oxygen atoms in total. The van der Waals surface area contributed by atoms with Gasteiger partial charge in [0.05, 0.1) is 10.7 Å². The van der Waals surface area contributed by atoms with Gasteiger partial charge in [-0.2, -0.15) is 0 Å². The molecule has 0 bridgehead atoms. The number of amides is 1. The molecule has 0 spiro atoms. The fourth-order valence-corrected chi connectivity index (χ4v) is 1.45. The number of carbonyl (C=O) groups excluding carboxylic acids is 1. The number of rotatable bonds is 4. The fourth-order valence-electron chi connectivity index (χ4n) is 1.33. The summed E-state index contributed by atoms with van der Waals surface area (Å²) in [5, 5.41) is 0.554. The highest BCUT2D eigenvalue weighted by molar-refractivity contribution is 6.33. The van der Waals surface area contributed by atoms with E-state index in [0.717, 1.165) is 12.0 Å². The van der Waals surface area contributed by atoms with Crippen molar-refractivity contribution in [3.8, 4) is 0 Å². The van der Waals surface area contributed by atoms with Crippen LogP contribution in [0.25, 0.3) is 0 Å². The Labute approximate surface area is 101 Å². The zero-order valence-corrected chi connectivity index (χ0v) is 10.3. The lowest BCUT2D eigenvalue weighted by Crippen LogP contribution is -2.31. The summed E-state index contributed by atoms with van der Waals surface area (Å²) in [7, 11) is 0. The van der Waals surface area contributed by atoms with E-state index in [-0.39, 0.29) is 5.91 Å². The molecule has 1 aromatic carbocycles. The highest BCUT2D eigenvalue weighted by Gasteiger charge is 2.24. The van der Waals surface area contributed by atoms with Crippen LogP contribution >= 0.6 is 11.6 Å². The summed E-state index contributed by atoms with van der Waals surface area (Å²) in [6.07, 6.45) is 1.46. The van der Waals surface area contributed by atoms with E-state index in [4.69, 9.17) is 23.1 Å². The number of halogens is 1. The Morgan fingerprint density at radius 3 is 2.56 bits per heavy atom. The second-order valence-corrected chi connectivity index (χ2v) is 5.01. The predicted octanol–water partition coefficient (Wildman–Crippen LogP) is 2.37. The standard InChI is InChI=1S/C12H17ClN2O/c1-12(2,11(15)16)6-5-8-3-4-9(13)10(14)7-8/h3-4,7H,5-6,14H2,1-2H3,(H2,15,16). The number of nitrogens with two attached hydrogens (primary N) is 2. The molecule has 0 aromatic heterocycles. The molecule has 4 N–H and O–H groups in total. The van der Waals surface area contributed by atoms with Crippen molar-refractivity contribution in [2.45, 2.75) is 26.7 Å². The average molecular weight is 241 g/mol. The molecule has 0 aliphatic rings. The van der Waals surface area contributed by atoms with E-state index in [2.05, 4.69) is 0 Å². The van der Waals surface area contributed by atoms with Crippen molar-refractivity contribution < 1.29 is 4.79 Å². The monoisotopic (exact) mass is 240 g/mol. The molecule has 0 saturated carbocycles. The summed E-state index contributed by atoms with van der Waals surface area (Å²) in [5.74, 6) is -0.283. The molecule has 1 amide bonds. The Kier molecular flexibility index (Phi) is 3.81. The van der Waals surface area contributed by atoms with Crippen molar-refractivity contribution in [2.75, 3.05) is 5.73 Å². The molecule has 4 heteroatoms. The van der Waals surface area contributed by atoms with Gasteiger partial charge in [-0.1, -0.05) is 31.5 Å². The summed E-state index contributed by atoms with van der Waals surface area (Å²) in [5.41, 5.74) is 12.1. The lowest BCUT2D eigenvalue weighted by molar-refractivity contribution is -0.126. The van der Waals surface area contributed by atoms with Gasteiger partial charge < -0.3 is 11.5 Å². The minimum atomic E-state index is -0.492. The number of carbonyl (C=O) groups is 1. The number of primary amides is 1. The highest BCUT2D eigenvalue weighted by Crippen LogP contribution is 2.25. The Morgan fingerprint density at radius 1 is 1.44 bits per heavy atom. The summed E-state index contributed by atoms with van der Waals surface area (Å²) in [6, 6.07) is 5.51. The smallest absolute Gasteiger partial charge is 0.223 e. The number of aryl methyl sites for hydroxylation is 1. The van der Waals surface area contributed by atoms with Crippen LogP contribution in [0.5, 0.6) is 0 Å². The van der Waals surface area contributed by atoms with Crippen molar-refractivity contribution >= 4 is 23.2 Å². The van der Waals surface area contributed by atoms with Crippen molar-refractivity contribution in [1.29, 1.82) is 0 Å². The number of benzene rings is 1. The van der Waals surface area contributed by atoms with Crippen LogP contribution in [0.1, 0.15) is 25.8 Å². The summed E-state index contributed by atoms with van der Waals surface area (Å²) in [4.78, 5) is 11.1. The predicted molar refractivity (Wildman–Crippen MR) is 67.2 cm³/mol. The van der Waals surface area contributed by atoms with E-state index < -0.39 is 5.41 Å². The van der Waals surface area contributed by atoms with Crippen LogP contribution in [0.15, 0.2) is 18.2 Å². The van der Waals surface area contributed by atoms with Gasteiger partial charge in [-0.3, -0.25) is 4.79 Å². The van der Waals surface area contributed by atoms with Gasteiger partial charge in [-0.15, -0.1) is 0 Å². The molecule has 88 valence electrons. The van der Waals surface area contributed by atoms with Crippen molar-refractivity contribution in [2.24, 2.45) is 11.1 Å². The first-order valence-electron chi connectivity index (χ1n) is 5.17. The maximum Gasteiger partial charge on any atom is 0.223 e. The first-order chi connectivity index (χ1) is 7.33. The lowest BCUT2D eigenvalue weighted by Gasteiger charge is -2.20. The Bertz CT molecular complexity index is 402. The Balaban J connectivity index is 2.68. The van der Waals surface area contributed by atoms with Gasteiger partial charge in [0.1, 0.15) is 0 Å². The van der Waals surface area contributed by atoms with Crippen molar-refractivity contribution in [3.63, 3.8) is 0 Å². The molecular formula is C12H17ClN2O. The van der Waals surface area contributed by atoms with Gasteiger partial charge in [0.2, 0.25) is 5.91 Å². The van der Waals surface area contributed by atoms with E-state index in [1.165, 1.54) is 0 Å². The molecule has 1 aromatic rings. The first-order valence-corrected chi connectivity index (χ1v) is 5.54. The minimum Gasteiger partial charge on any atom is -0.398 e. The zero-order valence-electron chi connectivity index (χ0n) is 9.59. The quantitative estimate of drug-likeness (QED) is 0.794. The Morgan fingerprint density at radius 2 is 2.06 bits per heavy atom. The topological polar surface area (TPSA) is 69.1 Å². The van der Waals surface area contributed by atoms with E-state index >= 15 is 0 Å². The Hall–Kier alpha value is -1.22. The van der Waals surface area contributed by atoms with Gasteiger partial charge >= 0.3 is 0 Å². The van der Waals surface area contributed by atoms with Gasteiger partial charge in [0.25, 0.3) is 0 Å². The molecule has 0 heterocycles. The van der Waals surface area contributed by atoms with Gasteiger partial charge in [-0.05, 0) is 30.5 Å². The maximum absolute atomic E-state index is 11.1. The number of hydrogen-bond donors (Lipinski definition) is 2. The zero-order chi connectivity index (χ0) is 12.3. The van der Waals surface area contributed by atoms with E-state index in [1.54, 1.807) is 6.07 Å². The van der Waals surface area contributed by atoms with Crippen LogP contribution in [0, 0.1) is 5.41 Å². The van der Waals surface area contributed by atoms with Crippen LogP contribution in [0.2, 0.25) is 5.02 Å². The second kappa shape index (κ2) is 4.74. The molecule has 1 rings (SSSR count). The summed E-state index contributed by atoms with van der Waals surface area (Å²) in [6.45, 7) is 3.68. The molecule has 0 fully saturated rings. The molecule has 16 heavy (non-hydrogen) atoms. The van der Waals surface area contributed by atoms with Crippen LogP contribution < -0.4 is 11.5 Å². The van der Waals surface area contributed by atoms with Crippen LogP contribution in [-0.4, -0.2) is 5.91 Å². The van der Waals surface area contributed by atoms with Crippen molar-refractivity contribution in [3.05, 3.63) is 28.8 Å². The molecule has 0 saturated heterocycles. The van der Waals surface area contributed by atoms with Gasteiger partial charge in [0, 0.05) is 5.41 Å². The molecule has 0 atom stereocenters. The second-order valence-electron chi connectivity index (χ2n) is 4.60. The van der Waals surface area contributed by atoms with E-state index in [0.29, 0.717) is 17.1 Å². The lowest BCUT2D eigenvalue weighted by atomic mass is 9.85. The summed E-state index contributed by atoms with van der Waals surface area (Å²) >= 11 is 5.82. The normalized spacial score (nSPS) is 11.4. The van der Waals surface area contributed by atoms with Crippen molar-refractivity contribution in [1.82, 2.24) is 0 Å². The number of anilines is 1. The van der Waals surface area contributed by atoms with Crippen LogP contribution in [0.4, 0.5) is 5.69 Å². The molecular weight excluding hydrogens is 224 g/mol. The maximum atomic E-state index is 11.1. The number of hydrogen-bond acceptors (Lipinski definition) is 2. The molecule has 0 aliphatic carbocycles. The molecule has 0 aliphatic heterocycles. The third kappa shape index (κ3) is 3.14. The minimum absolute atomic E-state index is 0.283. The van der Waals surface area contributed by atoms with Gasteiger partial charge in [-0.25, -0.2) is 0 Å². The fraction of sp³-hybridized carbons (Fsp3) is 0.417. The molecule has 0 radical (unpaired) electrons. The average Bonchev–Trinajstić information content (AvgIpc) is 2.20. The highest BCUT2D eigenvalue weighted by atomic mass is 35.5. The van der Waals surface area contributed by atoms with Crippen LogP contribution in [0.3, 0.4) is 0 Å². The molecule has 0 unspecified atom stereocenters. The third-order valence-corrected chi connectivity index (χ3v) is 3.11. The van der Waals surface area contributed by atoms with Gasteiger partial charge in [0.15, 0.2) is 0 Å². The third-order valence-electron chi connectivity index (χ3n) is 2.77. The number of nitrogen functional groups attached to an aromatic ring is 1.